The van der Waals surface area contributed by atoms with Crippen molar-refractivity contribution in [2.75, 3.05) is 6.54 Å². The van der Waals surface area contributed by atoms with Crippen LogP contribution in [0, 0.1) is 5.82 Å². The molecule has 2 rings (SSSR count). The highest BCUT2D eigenvalue weighted by Crippen LogP contribution is 2.12. The van der Waals surface area contributed by atoms with Crippen LogP contribution in [0.4, 0.5) is 4.39 Å². The van der Waals surface area contributed by atoms with Crippen molar-refractivity contribution in [2.45, 2.75) is 45.7 Å². The van der Waals surface area contributed by atoms with Crippen molar-refractivity contribution in [1.29, 1.82) is 0 Å². The molecule has 0 saturated heterocycles. The first-order chi connectivity index (χ1) is 13.0. The van der Waals surface area contributed by atoms with Gasteiger partial charge in [-0.25, -0.2) is 4.39 Å². The van der Waals surface area contributed by atoms with Crippen LogP contribution in [0.15, 0.2) is 54.6 Å². The zero-order valence-electron chi connectivity index (χ0n) is 16.0. The molecular weight excluding hydrogens is 343 g/mol. The van der Waals surface area contributed by atoms with E-state index in [1.165, 1.54) is 12.1 Å². The molecule has 0 fully saturated rings. The van der Waals surface area contributed by atoms with Crippen LogP contribution < -0.4 is 5.32 Å². The lowest BCUT2D eigenvalue weighted by molar-refractivity contribution is -0.140. The molecule has 0 heterocycles. The number of halogens is 1. The minimum Gasteiger partial charge on any atom is -0.354 e. The molecule has 0 spiro atoms. The Morgan fingerprint density at radius 1 is 1.04 bits per heavy atom. The molecule has 0 bridgehead atoms. The van der Waals surface area contributed by atoms with Crippen LogP contribution in [0.2, 0.25) is 0 Å². The number of rotatable bonds is 9. The number of benzene rings is 2. The summed E-state index contributed by atoms with van der Waals surface area (Å²) in [5.41, 5.74) is 1.94. The SMILES string of the molecule is CCCC(=O)N(Cc1ccc(F)cc1)[C@H](C)C(=O)NCCc1ccccc1. The Morgan fingerprint density at radius 3 is 2.33 bits per heavy atom. The molecule has 1 N–H and O–H groups in total. The number of carbonyl (C=O) groups excluding carboxylic acids is 2. The predicted octanol–water partition coefficient (Wildman–Crippen LogP) is 3.70. The number of carbonyl (C=O) groups is 2. The van der Waals surface area contributed by atoms with Gasteiger partial charge in [0.25, 0.3) is 0 Å². The molecule has 1 atom stereocenters. The summed E-state index contributed by atoms with van der Waals surface area (Å²) < 4.78 is 13.1. The fourth-order valence-corrected chi connectivity index (χ4v) is 2.85. The van der Waals surface area contributed by atoms with E-state index < -0.39 is 6.04 Å². The Morgan fingerprint density at radius 2 is 1.70 bits per heavy atom. The van der Waals surface area contributed by atoms with Gasteiger partial charge in [0.2, 0.25) is 11.8 Å². The maximum absolute atomic E-state index is 13.1. The van der Waals surface area contributed by atoms with E-state index in [9.17, 15) is 14.0 Å². The highest BCUT2D eigenvalue weighted by molar-refractivity contribution is 5.87. The maximum Gasteiger partial charge on any atom is 0.242 e. The second kappa shape index (κ2) is 10.5. The first-order valence-electron chi connectivity index (χ1n) is 9.36. The lowest BCUT2D eigenvalue weighted by atomic mass is 10.1. The van der Waals surface area contributed by atoms with E-state index >= 15 is 0 Å². The molecule has 0 aliphatic rings. The molecule has 4 nitrogen and oxygen atoms in total. The van der Waals surface area contributed by atoms with Crippen molar-refractivity contribution >= 4 is 11.8 Å². The molecule has 2 aromatic carbocycles. The molecule has 5 heteroatoms. The topological polar surface area (TPSA) is 49.4 Å². The molecule has 27 heavy (non-hydrogen) atoms. The molecule has 0 aliphatic heterocycles. The van der Waals surface area contributed by atoms with Crippen LogP contribution in [0.25, 0.3) is 0 Å². The Hall–Kier alpha value is -2.69. The van der Waals surface area contributed by atoms with Gasteiger partial charge < -0.3 is 10.2 Å². The summed E-state index contributed by atoms with van der Waals surface area (Å²) in [6, 6.07) is 15.3. The van der Waals surface area contributed by atoms with Crippen LogP contribution in [-0.2, 0) is 22.6 Å². The standard InChI is InChI=1S/C22H27FN2O2/c1-3-7-21(26)25(16-19-10-12-20(23)13-11-19)17(2)22(27)24-15-14-18-8-5-4-6-9-18/h4-6,8-13,17H,3,7,14-16H2,1-2H3,(H,24,27)/t17-/m1/s1. The first kappa shape index (κ1) is 20.6. The normalized spacial score (nSPS) is 11.7. The number of hydrogen-bond acceptors (Lipinski definition) is 2. The number of amides is 2. The summed E-state index contributed by atoms with van der Waals surface area (Å²) in [7, 11) is 0. The summed E-state index contributed by atoms with van der Waals surface area (Å²) in [5.74, 6) is -0.582. The minimum atomic E-state index is -0.593. The highest BCUT2D eigenvalue weighted by Gasteiger charge is 2.25. The molecule has 0 radical (unpaired) electrons. The summed E-state index contributed by atoms with van der Waals surface area (Å²) in [4.78, 5) is 26.7. The van der Waals surface area contributed by atoms with E-state index in [0.29, 0.717) is 19.4 Å². The Balaban J connectivity index is 1.98. The van der Waals surface area contributed by atoms with E-state index in [-0.39, 0.29) is 24.2 Å². The van der Waals surface area contributed by atoms with E-state index in [2.05, 4.69) is 5.32 Å². The summed E-state index contributed by atoms with van der Waals surface area (Å²) in [5, 5.41) is 2.91. The quantitative estimate of drug-likeness (QED) is 0.732. The average molecular weight is 370 g/mol. The van der Waals surface area contributed by atoms with Gasteiger partial charge in [0.1, 0.15) is 11.9 Å². The number of nitrogens with one attached hydrogen (secondary N) is 1. The van der Waals surface area contributed by atoms with Crippen molar-refractivity contribution in [1.82, 2.24) is 10.2 Å². The lowest BCUT2D eigenvalue weighted by Crippen LogP contribution is -2.47. The van der Waals surface area contributed by atoms with E-state index in [4.69, 9.17) is 0 Å². The smallest absolute Gasteiger partial charge is 0.242 e. The van der Waals surface area contributed by atoms with Gasteiger partial charge >= 0.3 is 0 Å². The fourth-order valence-electron chi connectivity index (χ4n) is 2.85. The van der Waals surface area contributed by atoms with E-state index in [1.54, 1.807) is 24.0 Å². The van der Waals surface area contributed by atoms with Crippen LogP contribution >= 0.6 is 0 Å². The highest BCUT2D eigenvalue weighted by atomic mass is 19.1. The first-order valence-corrected chi connectivity index (χ1v) is 9.36. The molecule has 144 valence electrons. The second-order valence-electron chi connectivity index (χ2n) is 6.60. The van der Waals surface area contributed by atoms with Crippen LogP contribution in [0.1, 0.15) is 37.8 Å². The molecule has 0 aromatic heterocycles. The van der Waals surface area contributed by atoms with Gasteiger partial charge in [0.15, 0.2) is 0 Å². The molecular formula is C22H27FN2O2. The van der Waals surface area contributed by atoms with Gasteiger partial charge in [0, 0.05) is 19.5 Å². The zero-order chi connectivity index (χ0) is 19.6. The number of hydrogen-bond donors (Lipinski definition) is 1. The third-order valence-electron chi connectivity index (χ3n) is 4.45. The van der Waals surface area contributed by atoms with E-state index in [1.807, 2.05) is 37.3 Å². The summed E-state index contributed by atoms with van der Waals surface area (Å²) in [6.45, 7) is 4.46. The van der Waals surface area contributed by atoms with Crippen LogP contribution in [0.3, 0.4) is 0 Å². The third kappa shape index (κ3) is 6.51. The van der Waals surface area contributed by atoms with Crippen molar-refractivity contribution < 1.29 is 14.0 Å². The molecule has 2 amide bonds. The molecule has 0 aliphatic carbocycles. The van der Waals surface area contributed by atoms with Crippen molar-refractivity contribution in [3.05, 3.63) is 71.5 Å². The lowest BCUT2D eigenvalue weighted by Gasteiger charge is -2.28. The van der Waals surface area contributed by atoms with Crippen molar-refractivity contribution in [2.24, 2.45) is 0 Å². The summed E-state index contributed by atoms with van der Waals surface area (Å²) in [6.07, 6.45) is 1.82. The number of nitrogens with zero attached hydrogens (tertiary/aromatic N) is 1. The average Bonchev–Trinajstić information content (AvgIpc) is 2.68. The Bertz CT molecular complexity index is 732. The van der Waals surface area contributed by atoms with Crippen molar-refractivity contribution in [3.63, 3.8) is 0 Å². The second-order valence-corrected chi connectivity index (χ2v) is 6.60. The van der Waals surface area contributed by atoms with E-state index in [0.717, 1.165) is 17.5 Å². The largest absolute Gasteiger partial charge is 0.354 e. The zero-order valence-corrected chi connectivity index (χ0v) is 16.0. The summed E-state index contributed by atoms with van der Waals surface area (Å²) >= 11 is 0. The van der Waals surface area contributed by atoms with Gasteiger partial charge in [-0.05, 0) is 43.0 Å². The molecule has 2 aromatic rings. The van der Waals surface area contributed by atoms with Crippen molar-refractivity contribution in [3.8, 4) is 0 Å². The Kier molecular flexibility index (Phi) is 7.99. The fraction of sp³-hybridized carbons (Fsp3) is 0.364. The van der Waals surface area contributed by atoms with Gasteiger partial charge in [-0.3, -0.25) is 9.59 Å². The van der Waals surface area contributed by atoms with Gasteiger partial charge in [-0.2, -0.15) is 0 Å². The third-order valence-corrected chi connectivity index (χ3v) is 4.45. The Labute approximate surface area is 160 Å². The van der Waals surface area contributed by atoms with Crippen LogP contribution in [0.5, 0.6) is 0 Å². The molecule has 0 unspecified atom stereocenters. The maximum atomic E-state index is 13.1. The van der Waals surface area contributed by atoms with Crippen LogP contribution in [-0.4, -0.2) is 29.3 Å². The monoisotopic (exact) mass is 370 g/mol. The predicted molar refractivity (Wildman–Crippen MR) is 104 cm³/mol. The van der Waals surface area contributed by atoms with Gasteiger partial charge in [-0.1, -0.05) is 49.4 Å². The molecule has 0 saturated carbocycles. The minimum absolute atomic E-state index is 0.0764. The van der Waals surface area contributed by atoms with Gasteiger partial charge in [-0.15, -0.1) is 0 Å². The van der Waals surface area contributed by atoms with Gasteiger partial charge in [0.05, 0.1) is 0 Å².